The average Bonchev–Trinajstić information content (AvgIpc) is 3.25. The molecule has 1 heterocycles. The number of aliphatic hydroxyl groups is 1. The van der Waals surface area contributed by atoms with Gasteiger partial charge in [0.1, 0.15) is 5.82 Å². The van der Waals surface area contributed by atoms with Gasteiger partial charge in [0, 0.05) is 27.3 Å². The number of hydrogen-bond donors (Lipinski definition) is 2. The van der Waals surface area contributed by atoms with Crippen LogP contribution in [0.15, 0.2) is 36.4 Å². The van der Waals surface area contributed by atoms with E-state index in [4.69, 9.17) is 0 Å². The molecule has 0 amide bonds. The zero-order valence-electron chi connectivity index (χ0n) is 14.7. The van der Waals surface area contributed by atoms with Crippen molar-refractivity contribution in [3.05, 3.63) is 57.5 Å². The summed E-state index contributed by atoms with van der Waals surface area (Å²) in [5, 5.41) is 9.78. The zero-order valence-corrected chi connectivity index (χ0v) is 16.4. The third kappa shape index (κ3) is 4.34. The Labute approximate surface area is 158 Å². The van der Waals surface area contributed by atoms with Crippen LogP contribution in [-0.4, -0.2) is 20.1 Å². The highest BCUT2D eigenvalue weighted by Crippen LogP contribution is 2.44. The van der Waals surface area contributed by atoms with E-state index >= 15 is 0 Å². The standard InChI is InChI=1S/C19H24FNO3S2/c1-14(22)17-8-9-18(25-17)19(10-4-5-11-19)13-21-26(23,24)12-15-6-2-3-7-16(15)20/h2-3,6-9,14,21-22H,4-5,10-13H2,1H3. The number of thiophene rings is 1. The third-order valence-corrected chi connectivity index (χ3v) is 7.83. The topological polar surface area (TPSA) is 66.4 Å². The fourth-order valence-electron chi connectivity index (χ4n) is 3.54. The van der Waals surface area contributed by atoms with E-state index in [1.165, 1.54) is 12.1 Å². The molecule has 142 valence electrons. The van der Waals surface area contributed by atoms with Crippen LogP contribution >= 0.6 is 11.3 Å². The highest BCUT2D eigenvalue weighted by atomic mass is 32.2. The predicted octanol–water partition coefficient (Wildman–Crippen LogP) is 3.87. The van der Waals surface area contributed by atoms with Gasteiger partial charge in [-0.2, -0.15) is 0 Å². The van der Waals surface area contributed by atoms with Gasteiger partial charge in [0.25, 0.3) is 0 Å². The molecule has 1 saturated carbocycles. The summed E-state index contributed by atoms with van der Waals surface area (Å²) >= 11 is 1.55. The second kappa shape index (κ2) is 7.76. The van der Waals surface area contributed by atoms with Crippen molar-refractivity contribution in [2.24, 2.45) is 0 Å². The molecule has 0 spiro atoms. The predicted molar refractivity (Wildman–Crippen MR) is 102 cm³/mol. The smallest absolute Gasteiger partial charge is 0.215 e. The monoisotopic (exact) mass is 397 g/mol. The van der Waals surface area contributed by atoms with Gasteiger partial charge in [-0.25, -0.2) is 17.5 Å². The van der Waals surface area contributed by atoms with E-state index in [1.807, 2.05) is 12.1 Å². The molecule has 1 atom stereocenters. The largest absolute Gasteiger partial charge is 0.388 e. The molecule has 1 aliphatic carbocycles. The SMILES string of the molecule is CC(O)c1ccc(C2(CNS(=O)(=O)Cc3ccccc3F)CCCC2)s1. The lowest BCUT2D eigenvalue weighted by molar-refractivity contribution is 0.203. The number of rotatable bonds is 7. The van der Waals surface area contributed by atoms with Crippen LogP contribution in [0.25, 0.3) is 0 Å². The lowest BCUT2D eigenvalue weighted by Gasteiger charge is -2.28. The lowest BCUT2D eigenvalue weighted by Crippen LogP contribution is -2.39. The van der Waals surface area contributed by atoms with Gasteiger partial charge in [0.15, 0.2) is 0 Å². The molecule has 3 rings (SSSR count). The van der Waals surface area contributed by atoms with Gasteiger partial charge < -0.3 is 5.11 Å². The van der Waals surface area contributed by atoms with Crippen LogP contribution in [0.4, 0.5) is 4.39 Å². The quantitative estimate of drug-likeness (QED) is 0.745. The fraction of sp³-hybridized carbons (Fsp3) is 0.474. The van der Waals surface area contributed by atoms with E-state index < -0.39 is 21.9 Å². The molecule has 0 radical (unpaired) electrons. The molecule has 1 aromatic carbocycles. The first-order valence-corrected chi connectivity index (χ1v) is 11.3. The molecule has 0 saturated heterocycles. The van der Waals surface area contributed by atoms with E-state index in [0.717, 1.165) is 35.4 Å². The van der Waals surface area contributed by atoms with Crippen molar-refractivity contribution in [1.82, 2.24) is 4.72 Å². The Morgan fingerprint density at radius 2 is 1.92 bits per heavy atom. The number of sulfonamides is 1. The first-order valence-electron chi connectivity index (χ1n) is 8.80. The average molecular weight is 398 g/mol. The molecule has 1 unspecified atom stereocenters. The molecule has 2 aromatic rings. The molecule has 1 aromatic heterocycles. The molecule has 0 bridgehead atoms. The minimum absolute atomic E-state index is 0.174. The summed E-state index contributed by atoms with van der Waals surface area (Å²) in [6.07, 6.45) is 3.41. The van der Waals surface area contributed by atoms with Crippen LogP contribution < -0.4 is 4.72 Å². The van der Waals surface area contributed by atoms with Crippen molar-refractivity contribution in [1.29, 1.82) is 0 Å². The lowest BCUT2D eigenvalue weighted by atomic mass is 9.85. The van der Waals surface area contributed by atoms with Gasteiger partial charge in [0.05, 0.1) is 11.9 Å². The van der Waals surface area contributed by atoms with Gasteiger partial charge in [-0.05, 0) is 38.0 Å². The number of halogens is 1. The van der Waals surface area contributed by atoms with E-state index in [2.05, 4.69) is 4.72 Å². The summed E-state index contributed by atoms with van der Waals surface area (Å²) < 4.78 is 41.4. The van der Waals surface area contributed by atoms with E-state index in [-0.39, 0.29) is 16.7 Å². The van der Waals surface area contributed by atoms with Crippen LogP contribution in [0, 0.1) is 5.82 Å². The summed E-state index contributed by atoms with van der Waals surface area (Å²) in [5.74, 6) is -0.868. The molecule has 2 N–H and O–H groups in total. The molecule has 4 nitrogen and oxygen atoms in total. The van der Waals surface area contributed by atoms with E-state index in [0.29, 0.717) is 6.54 Å². The second-order valence-corrected chi connectivity index (χ2v) is 9.96. The summed E-state index contributed by atoms with van der Waals surface area (Å²) in [7, 11) is -3.64. The number of nitrogens with one attached hydrogen (secondary N) is 1. The first-order chi connectivity index (χ1) is 12.3. The summed E-state index contributed by atoms with van der Waals surface area (Å²) in [5.41, 5.74) is -0.0619. The van der Waals surface area contributed by atoms with Crippen molar-refractivity contribution in [2.75, 3.05) is 6.54 Å². The molecule has 0 aliphatic heterocycles. The molecule has 26 heavy (non-hydrogen) atoms. The number of aliphatic hydroxyl groups excluding tert-OH is 1. The first kappa shape index (κ1) is 19.5. The summed E-state index contributed by atoms with van der Waals surface area (Å²) in [6.45, 7) is 2.04. The Bertz CT molecular complexity index is 855. The van der Waals surface area contributed by atoms with Crippen molar-refractivity contribution in [2.45, 2.75) is 49.9 Å². The van der Waals surface area contributed by atoms with Crippen molar-refractivity contribution < 1.29 is 17.9 Å². The van der Waals surface area contributed by atoms with Crippen LogP contribution in [-0.2, 0) is 21.2 Å². The van der Waals surface area contributed by atoms with Crippen molar-refractivity contribution in [3.63, 3.8) is 0 Å². The van der Waals surface area contributed by atoms with Gasteiger partial charge in [-0.1, -0.05) is 31.0 Å². The Hall–Kier alpha value is -1.28. The highest BCUT2D eigenvalue weighted by Gasteiger charge is 2.38. The highest BCUT2D eigenvalue weighted by molar-refractivity contribution is 7.88. The van der Waals surface area contributed by atoms with Crippen molar-refractivity contribution >= 4 is 21.4 Å². The Morgan fingerprint density at radius 1 is 1.23 bits per heavy atom. The number of hydrogen-bond acceptors (Lipinski definition) is 4. The van der Waals surface area contributed by atoms with Gasteiger partial charge in [-0.3, -0.25) is 0 Å². The molecule has 1 aliphatic rings. The van der Waals surface area contributed by atoms with Crippen LogP contribution in [0.3, 0.4) is 0 Å². The van der Waals surface area contributed by atoms with Gasteiger partial charge >= 0.3 is 0 Å². The maximum atomic E-state index is 13.8. The normalized spacial score (nSPS) is 18.1. The second-order valence-electron chi connectivity index (χ2n) is 7.04. The minimum atomic E-state index is -3.64. The summed E-state index contributed by atoms with van der Waals surface area (Å²) in [6, 6.07) is 9.86. The van der Waals surface area contributed by atoms with Gasteiger partial charge in [-0.15, -0.1) is 11.3 Å². The minimum Gasteiger partial charge on any atom is -0.388 e. The summed E-state index contributed by atoms with van der Waals surface area (Å²) in [4.78, 5) is 2.00. The zero-order chi connectivity index (χ0) is 18.8. The van der Waals surface area contributed by atoms with Gasteiger partial charge in [0.2, 0.25) is 10.0 Å². The van der Waals surface area contributed by atoms with Crippen LogP contribution in [0.2, 0.25) is 0 Å². The molecule has 7 heteroatoms. The number of benzene rings is 1. The Kier molecular flexibility index (Phi) is 5.81. The van der Waals surface area contributed by atoms with E-state index in [1.54, 1.807) is 30.4 Å². The van der Waals surface area contributed by atoms with E-state index in [9.17, 15) is 17.9 Å². The van der Waals surface area contributed by atoms with Crippen LogP contribution in [0.5, 0.6) is 0 Å². The maximum absolute atomic E-state index is 13.8. The molecule has 1 fully saturated rings. The fourth-order valence-corrected chi connectivity index (χ4v) is 5.98. The Balaban J connectivity index is 1.75. The van der Waals surface area contributed by atoms with Crippen LogP contribution in [0.1, 0.15) is 54.0 Å². The Morgan fingerprint density at radius 3 is 2.54 bits per heavy atom. The maximum Gasteiger partial charge on any atom is 0.215 e. The molecular formula is C19H24FNO3S2. The third-order valence-electron chi connectivity index (χ3n) is 5.06. The van der Waals surface area contributed by atoms with Crippen molar-refractivity contribution in [3.8, 4) is 0 Å². The molecular weight excluding hydrogens is 373 g/mol.